The monoisotopic (exact) mass is 392 g/mol. The lowest BCUT2D eigenvalue weighted by atomic mass is 9.94. The molecule has 1 aliphatic heterocycles. The fourth-order valence-corrected chi connectivity index (χ4v) is 4.88. The first-order valence-electron chi connectivity index (χ1n) is 11.6. The first-order valence-corrected chi connectivity index (χ1v) is 11.6. The van der Waals surface area contributed by atoms with Crippen molar-refractivity contribution in [2.45, 2.75) is 64.1 Å². The lowest BCUT2D eigenvalue weighted by Gasteiger charge is -2.40. The maximum atomic E-state index is 6.19. The zero-order chi connectivity index (χ0) is 19.9. The van der Waals surface area contributed by atoms with Crippen molar-refractivity contribution in [2.24, 2.45) is 0 Å². The summed E-state index contributed by atoms with van der Waals surface area (Å²) in [7, 11) is 0. The Morgan fingerprint density at radius 3 is 2.21 bits per heavy atom. The van der Waals surface area contributed by atoms with Crippen molar-refractivity contribution >= 4 is 0 Å². The van der Waals surface area contributed by atoms with Crippen LogP contribution < -0.4 is 4.74 Å². The molecule has 2 fully saturated rings. The molecule has 0 N–H and O–H groups in total. The Morgan fingerprint density at radius 1 is 0.862 bits per heavy atom. The second-order valence-corrected chi connectivity index (χ2v) is 8.67. The summed E-state index contributed by atoms with van der Waals surface area (Å²) in [6, 6.07) is 20.1. The van der Waals surface area contributed by atoms with Crippen molar-refractivity contribution < 1.29 is 4.74 Å². The average molecular weight is 393 g/mol. The molecule has 4 rings (SSSR count). The van der Waals surface area contributed by atoms with Gasteiger partial charge in [0.1, 0.15) is 11.9 Å². The van der Waals surface area contributed by atoms with E-state index >= 15 is 0 Å². The highest BCUT2D eigenvalue weighted by molar-refractivity contribution is 5.27. The summed E-state index contributed by atoms with van der Waals surface area (Å²) in [4.78, 5) is 5.37. The third kappa shape index (κ3) is 5.61. The van der Waals surface area contributed by atoms with E-state index in [1.807, 2.05) is 30.3 Å². The van der Waals surface area contributed by atoms with Crippen LogP contribution in [0.4, 0.5) is 0 Å². The van der Waals surface area contributed by atoms with E-state index in [2.05, 4.69) is 41.0 Å². The zero-order valence-corrected chi connectivity index (χ0v) is 17.9. The van der Waals surface area contributed by atoms with Crippen LogP contribution in [0.1, 0.15) is 62.7 Å². The molecule has 156 valence electrons. The zero-order valence-electron chi connectivity index (χ0n) is 17.9. The average Bonchev–Trinajstić information content (AvgIpc) is 2.80. The molecule has 0 radical (unpaired) electrons. The second-order valence-electron chi connectivity index (χ2n) is 8.67. The van der Waals surface area contributed by atoms with E-state index in [0.717, 1.165) is 24.8 Å². The molecular weight excluding hydrogens is 356 g/mol. The molecule has 0 bridgehead atoms. The molecule has 1 atom stereocenters. The highest BCUT2D eigenvalue weighted by Gasteiger charge is 2.25. The number of piperazine rings is 1. The number of benzene rings is 2. The van der Waals surface area contributed by atoms with Gasteiger partial charge in [0.05, 0.1) is 0 Å². The van der Waals surface area contributed by atoms with Crippen molar-refractivity contribution in [1.29, 1.82) is 0 Å². The Hall–Kier alpha value is -1.84. The largest absolute Gasteiger partial charge is 0.486 e. The van der Waals surface area contributed by atoms with Crippen LogP contribution in [0.2, 0.25) is 0 Å². The Balaban J connectivity index is 1.28. The molecule has 2 aromatic carbocycles. The molecular formula is C26H36N2O. The summed E-state index contributed by atoms with van der Waals surface area (Å²) in [6.07, 6.45) is 8.24. The third-order valence-corrected chi connectivity index (χ3v) is 6.65. The SMILES string of the molecule is CCC(Oc1ccccc1)c1ccc(CN2CCN(C3CCCCC3)CC2)cc1. The van der Waals surface area contributed by atoms with Crippen LogP contribution in [0.5, 0.6) is 5.75 Å². The molecule has 1 heterocycles. The van der Waals surface area contributed by atoms with Crippen LogP contribution in [-0.4, -0.2) is 42.0 Å². The summed E-state index contributed by atoms with van der Waals surface area (Å²) < 4.78 is 6.19. The fourth-order valence-electron chi connectivity index (χ4n) is 4.88. The Labute approximate surface area is 176 Å². The van der Waals surface area contributed by atoms with E-state index in [0.29, 0.717) is 0 Å². The van der Waals surface area contributed by atoms with Crippen molar-refractivity contribution in [3.63, 3.8) is 0 Å². The number of hydrogen-bond donors (Lipinski definition) is 0. The predicted molar refractivity (Wildman–Crippen MR) is 120 cm³/mol. The molecule has 29 heavy (non-hydrogen) atoms. The van der Waals surface area contributed by atoms with E-state index in [-0.39, 0.29) is 6.10 Å². The van der Waals surface area contributed by atoms with Crippen molar-refractivity contribution in [3.05, 3.63) is 65.7 Å². The van der Waals surface area contributed by atoms with Crippen LogP contribution in [0.25, 0.3) is 0 Å². The number of para-hydroxylation sites is 1. The van der Waals surface area contributed by atoms with Gasteiger partial charge in [-0.05, 0) is 42.5 Å². The maximum absolute atomic E-state index is 6.19. The van der Waals surface area contributed by atoms with Gasteiger partial charge in [0.15, 0.2) is 0 Å². The normalized spacial score (nSPS) is 20.4. The quantitative estimate of drug-likeness (QED) is 0.604. The van der Waals surface area contributed by atoms with Crippen molar-refractivity contribution in [3.8, 4) is 5.75 Å². The summed E-state index contributed by atoms with van der Waals surface area (Å²) in [5.74, 6) is 0.944. The van der Waals surface area contributed by atoms with E-state index in [1.165, 1.54) is 69.4 Å². The van der Waals surface area contributed by atoms with Gasteiger partial charge in [-0.25, -0.2) is 0 Å². The minimum atomic E-state index is 0.116. The van der Waals surface area contributed by atoms with Crippen LogP contribution in [0.15, 0.2) is 54.6 Å². The van der Waals surface area contributed by atoms with Gasteiger partial charge < -0.3 is 4.74 Å². The molecule has 0 spiro atoms. The number of ether oxygens (including phenoxy) is 1. The molecule has 2 aliphatic rings. The fraction of sp³-hybridized carbons (Fsp3) is 0.538. The molecule has 3 heteroatoms. The lowest BCUT2D eigenvalue weighted by molar-refractivity contribution is 0.0755. The Bertz CT molecular complexity index is 716. The van der Waals surface area contributed by atoms with E-state index in [1.54, 1.807) is 0 Å². The molecule has 3 nitrogen and oxygen atoms in total. The molecule has 1 aliphatic carbocycles. The highest BCUT2D eigenvalue weighted by Crippen LogP contribution is 2.26. The summed E-state index contributed by atoms with van der Waals surface area (Å²) in [5.41, 5.74) is 2.68. The Morgan fingerprint density at radius 2 is 1.55 bits per heavy atom. The van der Waals surface area contributed by atoms with Crippen molar-refractivity contribution in [1.82, 2.24) is 9.80 Å². The van der Waals surface area contributed by atoms with Gasteiger partial charge in [0.2, 0.25) is 0 Å². The number of hydrogen-bond acceptors (Lipinski definition) is 3. The first-order chi connectivity index (χ1) is 14.3. The van der Waals surface area contributed by atoms with E-state index < -0.39 is 0 Å². The van der Waals surface area contributed by atoms with Crippen LogP contribution in [0, 0.1) is 0 Å². The smallest absolute Gasteiger partial charge is 0.123 e. The van der Waals surface area contributed by atoms with Gasteiger partial charge in [-0.15, -0.1) is 0 Å². The van der Waals surface area contributed by atoms with Gasteiger partial charge in [0.25, 0.3) is 0 Å². The lowest BCUT2D eigenvalue weighted by Crippen LogP contribution is -2.50. The van der Waals surface area contributed by atoms with Gasteiger partial charge in [-0.2, -0.15) is 0 Å². The Kier molecular flexibility index (Phi) is 7.23. The molecule has 1 saturated heterocycles. The summed E-state index contributed by atoms with van der Waals surface area (Å²) in [5, 5.41) is 0. The highest BCUT2D eigenvalue weighted by atomic mass is 16.5. The van der Waals surface area contributed by atoms with Gasteiger partial charge in [0, 0.05) is 38.8 Å². The molecule has 2 aromatic rings. The van der Waals surface area contributed by atoms with E-state index in [4.69, 9.17) is 4.74 Å². The third-order valence-electron chi connectivity index (χ3n) is 6.65. The van der Waals surface area contributed by atoms with Crippen LogP contribution >= 0.6 is 0 Å². The number of nitrogens with zero attached hydrogens (tertiary/aromatic N) is 2. The molecule has 0 aromatic heterocycles. The molecule has 1 unspecified atom stereocenters. The van der Waals surface area contributed by atoms with Gasteiger partial charge in [-0.3, -0.25) is 9.80 Å². The summed E-state index contributed by atoms with van der Waals surface area (Å²) >= 11 is 0. The number of rotatable bonds is 7. The first kappa shape index (κ1) is 20.4. The van der Waals surface area contributed by atoms with Crippen molar-refractivity contribution in [2.75, 3.05) is 26.2 Å². The van der Waals surface area contributed by atoms with Gasteiger partial charge >= 0.3 is 0 Å². The van der Waals surface area contributed by atoms with Crippen LogP contribution in [-0.2, 0) is 6.54 Å². The van der Waals surface area contributed by atoms with E-state index in [9.17, 15) is 0 Å². The maximum Gasteiger partial charge on any atom is 0.123 e. The minimum absolute atomic E-state index is 0.116. The van der Waals surface area contributed by atoms with Gasteiger partial charge in [-0.1, -0.05) is 68.7 Å². The summed E-state index contributed by atoms with van der Waals surface area (Å²) in [6.45, 7) is 8.14. The minimum Gasteiger partial charge on any atom is -0.486 e. The van der Waals surface area contributed by atoms with Crippen LogP contribution in [0.3, 0.4) is 0 Å². The standard InChI is InChI=1S/C26H36N2O/c1-2-26(29-25-11-7-4-8-12-25)23-15-13-22(14-16-23)21-27-17-19-28(20-18-27)24-9-5-3-6-10-24/h4,7-8,11-16,24,26H,2-3,5-6,9-10,17-21H2,1H3. The second kappa shape index (κ2) is 10.3. The molecule has 1 saturated carbocycles. The predicted octanol–water partition coefficient (Wildman–Crippen LogP) is 5.67. The topological polar surface area (TPSA) is 15.7 Å². The molecule has 0 amide bonds.